The van der Waals surface area contributed by atoms with Crippen molar-refractivity contribution >= 4 is 44.8 Å². The van der Waals surface area contributed by atoms with E-state index in [1.807, 2.05) is 0 Å². The van der Waals surface area contributed by atoms with Gasteiger partial charge in [-0.2, -0.15) is 0 Å². The molecule has 0 aliphatic heterocycles. The van der Waals surface area contributed by atoms with E-state index in [9.17, 15) is 0 Å². The van der Waals surface area contributed by atoms with E-state index >= 15 is 0 Å². The third-order valence-electron chi connectivity index (χ3n) is 0.259. The Morgan fingerprint density at radius 3 is 2.29 bits per heavy atom. The van der Waals surface area contributed by atoms with Crippen LogP contribution in [0, 0.1) is 0 Å². The van der Waals surface area contributed by atoms with Crippen LogP contribution in [0.15, 0.2) is 0 Å². The Morgan fingerprint density at radius 2 is 2.14 bits per heavy atom. The molecular formula is C3H6Cl2S2. The third kappa shape index (κ3) is 7.28. The Labute approximate surface area is 61.7 Å². The average molecular weight is 177 g/mol. The van der Waals surface area contributed by atoms with Crippen molar-refractivity contribution in [3.05, 3.63) is 0 Å². The van der Waals surface area contributed by atoms with Crippen molar-refractivity contribution in [2.45, 2.75) is 11.1 Å². The highest BCUT2D eigenvalue weighted by atomic mass is 35.5. The highest BCUT2D eigenvalue weighted by molar-refractivity contribution is 8.77. The molecule has 4 heteroatoms. The van der Waals surface area contributed by atoms with Crippen molar-refractivity contribution < 1.29 is 0 Å². The van der Waals surface area contributed by atoms with E-state index < -0.39 is 0 Å². The van der Waals surface area contributed by atoms with Gasteiger partial charge in [-0.1, -0.05) is 51.7 Å². The van der Waals surface area contributed by atoms with Crippen LogP contribution in [-0.2, 0) is 0 Å². The molecule has 0 aromatic carbocycles. The molecule has 0 aromatic heterocycles. The molecular weight excluding hydrogens is 171 g/mol. The van der Waals surface area contributed by atoms with Crippen molar-refractivity contribution in [2.24, 2.45) is 0 Å². The first kappa shape index (κ1) is 8.28. The van der Waals surface area contributed by atoms with E-state index in [1.54, 1.807) is 10.8 Å². The summed E-state index contributed by atoms with van der Waals surface area (Å²) in [5.41, 5.74) is 0. The summed E-state index contributed by atoms with van der Waals surface area (Å²) >= 11 is 10.7. The monoisotopic (exact) mass is 176 g/mol. The molecule has 0 N–H and O–H groups in total. The molecule has 44 valence electrons. The van der Waals surface area contributed by atoms with Crippen LogP contribution in [0.4, 0.5) is 0 Å². The van der Waals surface area contributed by atoms with Gasteiger partial charge >= 0.3 is 0 Å². The van der Waals surface area contributed by atoms with Crippen LogP contribution in [0.25, 0.3) is 0 Å². The maximum absolute atomic E-state index is 5.36. The predicted octanol–water partition coefficient (Wildman–Crippen LogP) is 3.15. The molecule has 0 saturated carbocycles. The van der Waals surface area contributed by atoms with Crippen molar-refractivity contribution in [3.8, 4) is 0 Å². The van der Waals surface area contributed by atoms with Gasteiger partial charge in [0.05, 0.1) is 0 Å². The molecule has 0 aliphatic rings. The Balaban J connectivity index is 2.68. The van der Waals surface area contributed by atoms with E-state index in [1.165, 1.54) is 10.8 Å². The van der Waals surface area contributed by atoms with Gasteiger partial charge < -0.3 is 0 Å². The summed E-state index contributed by atoms with van der Waals surface area (Å²) in [5, 5.41) is 0. The second-order valence-electron chi connectivity index (χ2n) is 0.763. The van der Waals surface area contributed by atoms with Gasteiger partial charge in [0.2, 0.25) is 0 Å². The maximum atomic E-state index is 5.36. The molecule has 0 unspecified atom stereocenters. The van der Waals surface area contributed by atoms with Crippen molar-refractivity contribution in [3.63, 3.8) is 0 Å². The minimum absolute atomic E-state index is 0.273. The van der Waals surface area contributed by atoms with Crippen molar-refractivity contribution in [1.82, 2.24) is 0 Å². The number of halogens is 2. The van der Waals surface area contributed by atoms with Gasteiger partial charge in [-0.25, -0.2) is 0 Å². The minimum atomic E-state index is -0.273. The molecule has 0 spiro atoms. The smallest absolute Gasteiger partial charge is 0.0923 e. The topological polar surface area (TPSA) is 0 Å². The third-order valence-corrected chi connectivity index (χ3v) is 3.64. The van der Waals surface area contributed by atoms with E-state index in [4.69, 9.17) is 23.2 Å². The molecule has 0 nitrogen and oxygen atoms in total. The number of hydrogen-bond acceptors (Lipinski definition) is 2. The molecule has 0 heterocycles. The molecule has 0 aliphatic carbocycles. The number of rotatable bonds is 3. The lowest BCUT2D eigenvalue weighted by atomic mass is 11.0. The van der Waals surface area contributed by atoms with Crippen LogP contribution in [0.5, 0.6) is 0 Å². The zero-order chi connectivity index (χ0) is 5.70. The maximum Gasteiger partial charge on any atom is 0.162 e. The van der Waals surface area contributed by atoms with Gasteiger partial charge in [0.25, 0.3) is 0 Å². The van der Waals surface area contributed by atoms with Gasteiger partial charge in [-0.15, -0.1) is 0 Å². The lowest BCUT2D eigenvalue weighted by Gasteiger charge is -1.93. The molecule has 0 radical (unpaired) electrons. The summed E-state index contributed by atoms with van der Waals surface area (Å²) in [6, 6.07) is 0. The number of hydrogen-bond donors (Lipinski definition) is 0. The minimum Gasteiger partial charge on any atom is -0.0923 e. The molecule has 0 atom stereocenters. The zero-order valence-electron chi connectivity index (χ0n) is 3.86. The van der Waals surface area contributed by atoms with Gasteiger partial charge in [0.1, 0.15) is 0 Å². The van der Waals surface area contributed by atoms with Crippen LogP contribution in [0.1, 0.15) is 6.92 Å². The molecule has 0 saturated heterocycles. The van der Waals surface area contributed by atoms with Crippen LogP contribution in [0.2, 0.25) is 0 Å². The standard InChI is InChI=1S/C3H6Cl2S2/c1-2-6-7-3(4)5/h3H,2H2,1H3. The van der Waals surface area contributed by atoms with Gasteiger partial charge in [-0.3, -0.25) is 0 Å². The van der Waals surface area contributed by atoms with E-state index in [2.05, 4.69) is 6.92 Å². The molecule has 0 bridgehead atoms. The molecule has 0 amide bonds. The molecule has 0 rings (SSSR count). The normalized spacial score (nSPS) is 10.3. The Hall–Kier alpha value is 1.28. The van der Waals surface area contributed by atoms with E-state index in [0.717, 1.165) is 5.75 Å². The fourth-order valence-electron chi connectivity index (χ4n) is 0.119. The SMILES string of the molecule is CCSSC(Cl)Cl. The van der Waals surface area contributed by atoms with Crippen LogP contribution >= 0.6 is 44.8 Å². The quantitative estimate of drug-likeness (QED) is 0.479. The molecule has 0 aromatic rings. The van der Waals surface area contributed by atoms with Gasteiger partial charge in [0, 0.05) is 5.75 Å². The summed E-state index contributed by atoms with van der Waals surface area (Å²) < 4.78 is -0.273. The second kappa shape index (κ2) is 5.42. The molecule has 0 fully saturated rings. The number of alkyl halides is 2. The highest BCUT2D eigenvalue weighted by Crippen LogP contribution is 2.30. The highest BCUT2D eigenvalue weighted by Gasteiger charge is 1.95. The van der Waals surface area contributed by atoms with Crippen LogP contribution < -0.4 is 0 Å². The van der Waals surface area contributed by atoms with Crippen LogP contribution in [0.3, 0.4) is 0 Å². The van der Waals surface area contributed by atoms with E-state index in [0.29, 0.717) is 0 Å². The summed E-state index contributed by atoms with van der Waals surface area (Å²) in [4.78, 5) is 0. The summed E-state index contributed by atoms with van der Waals surface area (Å²) in [6.45, 7) is 2.06. The lowest BCUT2D eigenvalue weighted by molar-refractivity contribution is 1.54. The Kier molecular flexibility index (Phi) is 6.41. The first-order chi connectivity index (χ1) is 3.27. The zero-order valence-corrected chi connectivity index (χ0v) is 7.00. The van der Waals surface area contributed by atoms with Gasteiger partial charge in [0.15, 0.2) is 4.17 Å². The average Bonchev–Trinajstić information content (AvgIpc) is 1.61. The first-order valence-corrected chi connectivity index (χ1v) is 5.09. The lowest BCUT2D eigenvalue weighted by Crippen LogP contribution is -1.69. The van der Waals surface area contributed by atoms with Crippen molar-refractivity contribution in [1.29, 1.82) is 0 Å². The van der Waals surface area contributed by atoms with Gasteiger partial charge in [-0.05, 0) is 0 Å². The molecule has 7 heavy (non-hydrogen) atoms. The predicted molar refractivity (Wildman–Crippen MR) is 41.2 cm³/mol. The Morgan fingerprint density at radius 1 is 1.57 bits per heavy atom. The Bertz CT molecular complexity index is 39.9. The largest absolute Gasteiger partial charge is 0.162 e. The summed E-state index contributed by atoms with van der Waals surface area (Å²) in [7, 11) is 3.15. The fourth-order valence-corrected chi connectivity index (χ4v) is 2.00. The summed E-state index contributed by atoms with van der Waals surface area (Å²) in [6.07, 6.45) is 0. The summed E-state index contributed by atoms with van der Waals surface area (Å²) in [5.74, 6) is 1.06. The fraction of sp³-hybridized carbons (Fsp3) is 1.00. The van der Waals surface area contributed by atoms with Crippen molar-refractivity contribution in [2.75, 3.05) is 5.75 Å². The van der Waals surface area contributed by atoms with E-state index in [-0.39, 0.29) is 4.17 Å². The van der Waals surface area contributed by atoms with Crippen LogP contribution in [-0.4, -0.2) is 9.92 Å². The second-order valence-corrected chi connectivity index (χ2v) is 5.14. The first-order valence-electron chi connectivity index (χ1n) is 1.83.